The van der Waals surface area contributed by atoms with Gasteiger partial charge in [-0.25, -0.2) is 4.90 Å². The lowest BCUT2D eigenvalue weighted by molar-refractivity contribution is -0.120. The number of imide groups is 1. The molecule has 2 N–H and O–H groups in total. The minimum absolute atomic E-state index is 0.0406. The van der Waals surface area contributed by atoms with Crippen LogP contribution in [-0.2, 0) is 9.59 Å². The van der Waals surface area contributed by atoms with Crippen molar-refractivity contribution in [3.63, 3.8) is 0 Å². The van der Waals surface area contributed by atoms with Gasteiger partial charge in [-0.2, -0.15) is 0 Å². The number of hydrogen-bond acceptors (Lipinski definition) is 4. The van der Waals surface area contributed by atoms with Crippen LogP contribution in [0.4, 0.5) is 17.1 Å². The molecule has 1 aliphatic heterocycles. The molecule has 0 atom stereocenters. The normalized spacial score (nSPS) is 13.5. The number of carbonyl (C=O) groups excluding carboxylic acids is 3. The van der Waals surface area contributed by atoms with Crippen molar-refractivity contribution in [1.29, 1.82) is 0 Å². The Labute approximate surface area is 229 Å². The van der Waals surface area contributed by atoms with Gasteiger partial charge in [-0.3, -0.25) is 14.4 Å². The zero-order chi connectivity index (χ0) is 25.4. The smallest absolute Gasteiger partial charge is 0.283 e. The van der Waals surface area contributed by atoms with Gasteiger partial charge in [-0.1, -0.05) is 69.6 Å². The van der Waals surface area contributed by atoms with Crippen LogP contribution in [0.2, 0.25) is 25.1 Å². The molecule has 0 aromatic heterocycles. The number of halogens is 6. The molecule has 1 heterocycles. The molecule has 3 aromatic rings. The van der Waals surface area contributed by atoms with Crippen LogP contribution in [0.1, 0.15) is 10.4 Å². The summed E-state index contributed by atoms with van der Waals surface area (Å²) in [5.41, 5.74) is 1.00. The molecule has 12 heteroatoms. The largest absolute Gasteiger partial charge is 0.350 e. The van der Waals surface area contributed by atoms with Crippen LogP contribution < -0.4 is 15.5 Å². The van der Waals surface area contributed by atoms with Crippen LogP contribution >= 0.6 is 69.6 Å². The molecule has 0 saturated heterocycles. The van der Waals surface area contributed by atoms with Gasteiger partial charge in [0.15, 0.2) is 0 Å². The highest BCUT2D eigenvalue weighted by molar-refractivity contribution is 6.54. The third-order valence-electron chi connectivity index (χ3n) is 4.85. The molecule has 0 saturated carbocycles. The average molecular weight is 590 g/mol. The summed E-state index contributed by atoms with van der Waals surface area (Å²) in [6, 6.07) is 13.4. The molecule has 0 spiro atoms. The van der Waals surface area contributed by atoms with E-state index in [1.807, 2.05) is 0 Å². The predicted molar refractivity (Wildman–Crippen MR) is 141 cm³/mol. The third-order valence-corrected chi connectivity index (χ3v) is 6.78. The summed E-state index contributed by atoms with van der Waals surface area (Å²) in [5, 5.41) is 6.22. The Kier molecular flexibility index (Phi) is 7.52. The number of hydrogen-bond donors (Lipinski definition) is 2. The molecular formula is C23H11Cl6N3O3. The standard InChI is InChI=1S/C23H11Cl6N3O3/c24-11-3-6-17(15(27)7-11)31-21(33)10-1-4-12(5-2-10)30-20-19(29)22(34)32(23(20)35)18-9-14(26)13(25)8-16(18)28/h1-9,30H,(H,31,33). The second kappa shape index (κ2) is 10.3. The van der Waals surface area contributed by atoms with Crippen LogP contribution in [0.5, 0.6) is 0 Å². The van der Waals surface area contributed by atoms with E-state index < -0.39 is 17.7 Å². The van der Waals surface area contributed by atoms with E-state index in [9.17, 15) is 14.4 Å². The quantitative estimate of drug-likeness (QED) is 0.237. The van der Waals surface area contributed by atoms with Gasteiger partial charge in [0.2, 0.25) is 0 Å². The number of amides is 3. The molecule has 35 heavy (non-hydrogen) atoms. The molecule has 3 aromatic carbocycles. The molecule has 3 amide bonds. The fraction of sp³-hybridized carbons (Fsp3) is 0. The van der Waals surface area contributed by atoms with E-state index in [-0.39, 0.29) is 31.5 Å². The lowest BCUT2D eigenvalue weighted by Gasteiger charge is -2.17. The minimum Gasteiger partial charge on any atom is -0.350 e. The van der Waals surface area contributed by atoms with Crippen molar-refractivity contribution < 1.29 is 14.4 Å². The summed E-state index contributed by atoms with van der Waals surface area (Å²) in [6.45, 7) is 0. The number of rotatable bonds is 5. The van der Waals surface area contributed by atoms with Gasteiger partial charge in [0.25, 0.3) is 17.7 Å². The molecule has 0 radical (unpaired) electrons. The molecular weight excluding hydrogens is 579 g/mol. The first kappa shape index (κ1) is 25.6. The van der Waals surface area contributed by atoms with E-state index in [4.69, 9.17) is 69.6 Å². The first-order valence-electron chi connectivity index (χ1n) is 9.63. The Morgan fingerprint density at radius 3 is 2.03 bits per heavy atom. The molecule has 0 bridgehead atoms. The van der Waals surface area contributed by atoms with Gasteiger partial charge in [0.1, 0.15) is 10.7 Å². The summed E-state index contributed by atoms with van der Waals surface area (Å²) in [5.74, 6) is -1.93. The van der Waals surface area contributed by atoms with Gasteiger partial charge in [0, 0.05) is 16.3 Å². The van der Waals surface area contributed by atoms with E-state index in [1.165, 1.54) is 30.3 Å². The lowest BCUT2D eigenvalue weighted by atomic mass is 10.2. The summed E-state index contributed by atoms with van der Waals surface area (Å²) in [6.07, 6.45) is 0. The molecule has 0 fully saturated rings. The number of carbonyl (C=O) groups is 3. The van der Waals surface area contributed by atoms with Crippen LogP contribution in [0.3, 0.4) is 0 Å². The summed E-state index contributed by atoms with van der Waals surface area (Å²) in [7, 11) is 0. The summed E-state index contributed by atoms with van der Waals surface area (Å²) in [4.78, 5) is 39.0. The Bertz CT molecular complexity index is 1420. The van der Waals surface area contributed by atoms with Crippen molar-refractivity contribution >= 4 is 104 Å². The van der Waals surface area contributed by atoms with Gasteiger partial charge >= 0.3 is 0 Å². The van der Waals surface area contributed by atoms with Crippen molar-refractivity contribution in [2.45, 2.75) is 0 Å². The number of benzene rings is 3. The molecule has 1 aliphatic rings. The molecule has 6 nitrogen and oxygen atoms in total. The molecule has 178 valence electrons. The maximum absolute atomic E-state index is 13.0. The van der Waals surface area contributed by atoms with Gasteiger partial charge < -0.3 is 10.6 Å². The first-order chi connectivity index (χ1) is 16.6. The highest BCUT2D eigenvalue weighted by atomic mass is 35.5. The van der Waals surface area contributed by atoms with Crippen molar-refractivity contribution in [3.8, 4) is 0 Å². The van der Waals surface area contributed by atoms with Crippen molar-refractivity contribution in [1.82, 2.24) is 0 Å². The average Bonchev–Trinajstić information content (AvgIpc) is 3.01. The third kappa shape index (κ3) is 5.23. The SMILES string of the molecule is O=C(Nc1ccc(Cl)cc1Cl)c1ccc(NC2=C(Cl)C(=O)N(c3cc(Cl)c(Cl)cc3Cl)C2=O)cc1. The van der Waals surface area contributed by atoms with Crippen LogP contribution in [0, 0.1) is 0 Å². The maximum Gasteiger partial charge on any atom is 0.283 e. The molecule has 0 aliphatic carbocycles. The van der Waals surface area contributed by atoms with E-state index in [1.54, 1.807) is 24.3 Å². The Morgan fingerprint density at radius 2 is 1.37 bits per heavy atom. The van der Waals surface area contributed by atoms with E-state index in [0.29, 0.717) is 27.0 Å². The fourth-order valence-corrected chi connectivity index (χ4v) is 4.44. The Balaban J connectivity index is 1.51. The van der Waals surface area contributed by atoms with Crippen LogP contribution in [0.25, 0.3) is 0 Å². The predicted octanol–water partition coefficient (Wildman–Crippen LogP) is 7.64. The van der Waals surface area contributed by atoms with E-state index in [0.717, 1.165) is 4.90 Å². The van der Waals surface area contributed by atoms with Crippen LogP contribution in [0.15, 0.2) is 65.3 Å². The van der Waals surface area contributed by atoms with Crippen molar-refractivity contribution in [3.05, 3.63) is 96.0 Å². The molecule has 0 unspecified atom stereocenters. The first-order valence-corrected chi connectivity index (χ1v) is 11.9. The van der Waals surface area contributed by atoms with Crippen molar-refractivity contribution in [2.75, 3.05) is 15.5 Å². The zero-order valence-corrected chi connectivity index (χ0v) is 21.7. The highest BCUT2D eigenvalue weighted by Crippen LogP contribution is 2.38. The van der Waals surface area contributed by atoms with Gasteiger partial charge in [-0.15, -0.1) is 0 Å². The fourth-order valence-electron chi connectivity index (χ4n) is 3.15. The maximum atomic E-state index is 13.0. The number of nitrogens with zero attached hydrogens (tertiary/aromatic N) is 1. The monoisotopic (exact) mass is 587 g/mol. The lowest BCUT2D eigenvalue weighted by Crippen LogP contribution is -2.32. The van der Waals surface area contributed by atoms with E-state index >= 15 is 0 Å². The Hall–Kier alpha value is -2.45. The van der Waals surface area contributed by atoms with Crippen LogP contribution in [-0.4, -0.2) is 17.7 Å². The van der Waals surface area contributed by atoms with Gasteiger partial charge in [-0.05, 0) is 54.6 Å². The topological polar surface area (TPSA) is 78.5 Å². The van der Waals surface area contributed by atoms with E-state index in [2.05, 4.69) is 10.6 Å². The second-order valence-corrected chi connectivity index (χ2v) is 9.58. The Morgan fingerprint density at radius 1 is 0.714 bits per heavy atom. The minimum atomic E-state index is -0.782. The van der Waals surface area contributed by atoms with Gasteiger partial charge in [0.05, 0.1) is 31.5 Å². The summed E-state index contributed by atoms with van der Waals surface area (Å²) >= 11 is 36.2. The molecule has 4 rings (SSSR count). The number of anilines is 3. The second-order valence-electron chi connectivity index (χ2n) is 7.13. The summed E-state index contributed by atoms with van der Waals surface area (Å²) < 4.78 is 0. The zero-order valence-electron chi connectivity index (χ0n) is 17.1. The number of nitrogens with one attached hydrogen (secondary N) is 2. The van der Waals surface area contributed by atoms with Crippen molar-refractivity contribution in [2.24, 2.45) is 0 Å². The highest BCUT2D eigenvalue weighted by Gasteiger charge is 2.40.